The van der Waals surface area contributed by atoms with Crippen LogP contribution in [0.5, 0.6) is 0 Å². The van der Waals surface area contributed by atoms with Gasteiger partial charge >= 0.3 is 0 Å². The van der Waals surface area contributed by atoms with Crippen LogP contribution in [0.1, 0.15) is 19.4 Å². The highest BCUT2D eigenvalue weighted by atomic mass is 79.9. The number of nitrogens with two attached hydrogens (primary N) is 1. The Labute approximate surface area is 121 Å². The van der Waals surface area contributed by atoms with E-state index in [0.717, 1.165) is 10.2 Å². The minimum Gasteiger partial charge on any atom is -0.398 e. The van der Waals surface area contributed by atoms with Gasteiger partial charge in [-0.3, -0.25) is 5.41 Å². The Balaban J connectivity index is 2.81. The molecular weight excluding hydrogens is 310 g/mol. The average molecular weight is 328 g/mol. The Morgan fingerprint density at radius 3 is 2.53 bits per heavy atom. The first kappa shape index (κ1) is 15.8. The van der Waals surface area contributed by atoms with E-state index in [4.69, 9.17) is 20.6 Å². The van der Waals surface area contributed by atoms with Crippen molar-refractivity contribution in [3.8, 4) is 0 Å². The summed E-state index contributed by atoms with van der Waals surface area (Å²) in [6.07, 6.45) is 2.48. The molecule has 5 nitrogen and oxygen atoms in total. The molecule has 0 bridgehead atoms. The van der Waals surface area contributed by atoms with E-state index in [2.05, 4.69) is 20.9 Å². The van der Waals surface area contributed by atoms with Crippen molar-refractivity contribution in [2.24, 2.45) is 5.73 Å². The normalized spacial score (nSPS) is 11.9. The average Bonchev–Trinajstić information content (AvgIpc) is 2.39. The van der Waals surface area contributed by atoms with Gasteiger partial charge in [0.05, 0.1) is 5.71 Å². The molecule has 19 heavy (non-hydrogen) atoms. The number of nitrogens with zero attached hydrogens (tertiary/aromatic N) is 1. The van der Waals surface area contributed by atoms with E-state index in [9.17, 15) is 0 Å². The summed E-state index contributed by atoms with van der Waals surface area (Å²) in [5.74, 6) is 0. The maximum atomic E-state index is 7.94. The van der Waals surface area contributed by atoms with Crippen molar-refractivity contribution in [3.63, 3.8) is 0 Å². The molecule has 0 saturated carbocycles. The molecule has 1 aromatic rings. The molecule has 0 amide bonds. The van der Waals surface area contributed by atoms with Crippen LogP contribution in [0.3, 0.4) is 0 Å². The molecule has 0 aromatic carbocycles. The Morgan fingerprint density at radius 2 is 2.05 bits per heavy atom. The smallest absolute Gasteiger partial charge is 0.200 e. The number of nitrogens with one attached hydrogen (secondary N) is 1. The SMILES string of the molecule is CCOC(OCC)C(=N)/C=C(\N)c1ccc(Br)nc1. The zero-order valence-electron chi connectivity index (χ0n) is 11.0. The summed E-state index contributed by atoms with van der Waals surface area (Å²) in [6, 6.07) is 3.62. The number of hydrogen-bond donors (Lipinski definition) is 2. The van der Waals surface area contributed by atoms with E-state index >= 15 is 0 Å². The number of aromatic nitrogens is 1. The van der Waals surface area contributed by atoms with Gasteiger partial charge in [0.25, 0.3) is 0 Å². The van der Waals surface area contributed by atoms with Crippen molar-refractivity contribution in [1.82, 2.24) is 4.98 Å². The third-order valence-electron chi connectivity index (χ3n) is 2.26. The maximum absolute atomic E-state index is 7.94. The molecule has 1 heterocycles. The summed E-state index contributed by atoms with van der Waals surface area (Å²) in [5, 5.41) is 7.94. The molecule has 0 aliphatic rings. The molecule has 0 atom stereocenters. The lowest BCUT2D eigenvalue weighted by Crippen LogP contribution is -2.26. The highest BCUT2D eigenvalue weighted by Gasteiger charge is 2.13. The Hall–Kier alpha value is -1.24. The Bertz CT molecular complexity index is 440. The first-order valence-electron chi connectivity index (χ1n) is 5.99. The van der Waals surface area contributed by atoms with Crippen LogP contribution in [0.2, 0.25) is 0 Å². The molecule has 0 saturated heterocycles. The van der Waals surface area contributed by atoms with E-state index in [1.54, 1.807) is 12.3 Å². The standard InChI is InChI=1S/C13H18BrN3O2/c1-3-18-13(19-4-2)11(16)7-10(15)9-5-6-12(14)17-8-9/h5-8,13,16H,3-4,15H2,1-2H3/b10-7-,16-11?. The van der Waals surface area contributed by atoms with Gasteiger partial charge in [-0.05, 0) is 48.0 Å². The lowest BCUT2D eigenvalue weighted by atomic mass is 10.2. The Kier molecular flexibility index (Phi) is 6.69. The zero-order valence-corrected chi connectivity index (χ0v) is 12.6. The van der Waals surface area contributed by atoms with Gasteiger partial charge in [-0.1, -0.05) is 0 Å². The van der Waals surface area contributed by atoms with Gasteiger partial charge in [-0.15, -0.1) is 0 Å². The lowest BCUT2D eigenvalue weighted by Gasteiger charge is -2.16. The molecule has 0 unspecified atom stereocenters. The molecule has 3 N–H and O–H groups in total. The third kappa shape index (κ3) is 5.10. The molecule has 0 radical (unpaired) electrons. The summed E-state index contributed by atoms with van der Waals surface area (Å²) >= 11 is 3.26. The van der Waals surface area contributed by atoms with Crippen LogP contribution in [-0.2, 0) is 9.47 Å². The molecule has 0 spiro atoms. The van der Waals surface area contributed by atoms with Crippen molar-refractivity contribution in [2.75, 3.05) is 13.2 Å². The van der Waals surface area contributed by atoms with Crippen molar-refractivity contribution in [3.05, 3.63) is 34.6 Å². The predicted octanol–water partition coefficient (Wildman–Crippen LogP) is 2.56. The molecule has 1 rings (SSSR count). The van der Waals surface area contributed by atoms with Crippen LogP contribution in [0.4, 0.5) is 0 Å². The van der Waals surface area contributed by atoms with Crippen molar-refractivity contribution < 1.29 is 9.47 Å². The molecule has 0 aliphatic heterocycles. The van der Waals surface area contributed by atoms with Gasteiger partial charge in [-0.25, -0.2) is 4.98 Å². The lowest BCUT2D eigenvalue weighted by molar-refractivity contribution is -0.0897. The topological polar surface area (TPSA) is 81.2 Å². The van der Waals surface area contributed by atoms with E-state index in [-0.39, 0.29) is 5.71 Å². The Morgan fingerprint density at radius 1 is 1.42 bits per heavy atom. The second kappa shape index (κ2) is 8.04. The first-order valence-corrected chi connectivity index (χ1v) is 6.78. The van der Waals surface area contributed by atoms with Gasteiger partial charge in [0.2, 0.25) is 0 Å². The van der Waals surface area contributed by atoms with Crippen molar-refractivity contribution in [1.29, 1.82) is 5.41 Å². The van der Waals surface area contributed by atoms with Crippen LogP contribution in [0, 0.1) is 5.41 Å². The summed E-state index contributed by atoms with van der Waals surface area (Å²) in [6.45, 7) is 4.65. The summed E-state index contributed by atoms with van der Waals surface area (Å²) in [5.41, 5.74) is 7.32. The summed E-state index contributed by atoms with van der Waals surface area (Å²) in [7, 11) is 0. The maximum Gasteiger partial charge on any atom is 0.200 e. The quantitative estimate of drug-likeness (QED) is 0.458. The van der Waals surface area contributed by atoms with E-state index in [1.807, 2.05) is 19.9 Å². The van der Waals surface area contributed by atoms with Crippen molar-refractivity contribution in [2.45, 2.75) is 20.1 Å². The minimum absolute atomic E-state index is 0.184. The van der Waals surface area contributed by atoms with Gasteiger partial charge in [0.15, 0.2) is 6.29 Å². The number of hydrogen-bond acceptors (Lipinski definition) is 5. The fraction of sp³-hybridized carbons (Fsp3) is 0.385. The van der Waals surface area contributed by atoms with E-state index < -0.39 is 6.29 Å². The third-order valence-corrected chi connectivity index (χ3v) is 2.73. The van der Waals surface area contributed by atoms with E-state index in [0.29, 0.717) is 18.9 Å². The number of halogens is 1. The van der Waals surface area contributed by atoms with Crippen LogP contribution in [-0.4, -0.2) is 30.2 Å². The van der Waals surface area contributed by atoms with Gasteiger partial charge in [-0.2, -0.15) is 0 Å². The fourth-order valence-corrected chi connectivity index (χ4v) is 1.63. The van der Waals surface area contributed by atoms with Crippen molar-refractivity contribution >= 4 is 27.3 Å². The molecule has 0 aliphatic carbocycles. The second-order valence-corrected chi connectivity index (χ2v) is 4.48. The second-order valence-electron chi connectivity index (χ2n) is 3.67. The number of pyridine rings is 1. The monoisotopic (exact) mass is 327 g/mol. The predicted molar refractivity (Wildman–Crippen MR) is 78.9 cm³/mol. The summed E-state index contributed by atoms with van der Waals surface area (Å²) in [4.78, 5) is 4.09. The first-order chi connectivity index (χ1) is 9.08. The van der Waals surface area contributed by atoms with Gasteiger partial charge in [0.1, 0.15) is 4.60 Å². The number of ether oxygens (including phenoxy) is 2. The number of rotatable bonds is 7. The van der Waals surface area contributed by atoms with Gasteiger partial charge in [0, 0.05) is 30.7 Å². The molecule has 0 fully saturated rings. The van der Waals surface area contributed by atoms with Crippen LogP contribution in [0.25, 0.3) is 5.70 Å². The highest BCUT2D eigenvalue weighted by Crippen LogP contribution is 2.12. The van der Waals surface area contributed by atoms with Crippen LogP contribution >= 0.6 is 15.9 Å². The van der Waals surface area contributed by atoms with E-state index in [1.165, 1.54) is 6.08 Å². The largest absolute Gasteiger partial charge is 0.398 e. The molecule has 6 heteroatoms. The van der Waals surface area contributed by atoms with Crippen LogP contribution < -0.4 is 5.73 Å². The molecule has 1 aromatic heterocycles. The van der Waals surface area contributed by atoms with Gasteiger partial charge < -0.3 is 15.2 Å². The zero-order chi connectivity index (χ0) is 14.3. The highest BCUT2D eigenvalue weighted by molar-refractivity contribution is 9.10. The molecular formula is C13H18BrN3O2. The summed E-state index contributed by atoms with van der Waals surface area (Å²) < 4.78 is 11.4. The fourth-order valence-electron chi connectivity index (χ4n) is 1.40. The van der Waals surface area contributed by atoms with Crippen LogP contribution in [0.15, 0.2) is 29.0 Å². The molecule has 104 valence electrons. The minimum atomic E-state index is -0.683.